The van der Waals surface area contributed by atoms with Gasteiger partial charge in [-0.25, -0.2) is 8.42 Å². The molecule has 102 valence electrons. The smallest absolute Gasteiger partial charge is 0.218 e. The van der Waals surface area contributed by atoms with Gasteiger partial charge in [0.25, 0.3) is 0 Å². The third-order valence-electron chi connectivity index (χ3n) is 3.39. The van der Waals surface area contributed by atoms with Crippen molar-refractivity contribution in [3.05, 3.63) is 0 Å². The van der Waals surface area contributed by atoms with Gasteiger partial charge in [-0.15, -0.1) is 0 Å². The van der Waals surface area contributed by atoms with E-state index < -0.39 is 15.3 Å². The van der Waals surface area contributed by atoms with Gasteiger partial charge in [-0.2, -0.15) is 4.31 Å². The SMILES string of the molecule is CCNCC(C)S(=O)(=O)N(C)C1CCOC1C. The zero-order chi connectivity index (χ0) is 13.1. The number of nitrogens with zero attached hydrogens (tertiary/aromatic N) is 1. The Hall–Kier alpha value is -0.170. The molecule has 1 rings (SSSR count). The second kappa shape index (κ2) is 6.13. The van der Waals surface area contributed by atoms with Crippen molar-refractivity contribution >= 4 is 10.0 Å². The molecule has 1 aliphatic heterocycles. The zero-order valence-corrected chi connectivity index (χ0v) is 12.0. The summed E-state index contributed by atoms with van der Waals surface area (Å²) in [6.07, 6.45) is 0.770. The summed E-state index contributed by atoms with van der Waals surface area (Å²) in [7, 11) is -1.58. The molecule has 5 nitrogen and oxygen atoms in total. The summed E-state index contributed by atoms with van der Waals surface area (Å²) in [5, 5.41) is 2.67. The van der Waals surface area contributed by atoms with E-state index in [9.17, 15) is 8.42 Å². The van der Waals surface area contributed by atoms with Gasteiger partial charge in [0.15, 0.2) is 0 Å². The molecule has 17 heavy (non-hydrogen) atoms. The second-order valence-electron chi connectivity index (χ2n) is 4.61. The van der Waals surface area contributed by atoms with E-state index in [1.165, 1.54) is 4.31 Å². The van der Waals surface area contributed by atoms with Gasteiger partial charge >= 0.3 is 0 Å². The average molecular weight is 264 g/mol. The van der Waals surface area contributed by atoms with Crippen LogP contribution in [0.2, 0.25) is 0 Å². The van der Waals surface area contributed by atoms with Gasteiger partial charge in [-0.3, -0.25) is 0 Å². The molecular formula is C11H24N2O3S. The van der Waals surface area contributed by atoms with Crippen molar-refractivity contribution in [3.8, 4) is 0 Å². The number of hydrogen-bond acceptors (Lipinski definition) is 4. The maximum Gasteiger partial charge on any atom is 0.218 e. The summed E-state index contributed by atoms with van der Waals surface area (Å²) in [4.78, 5) is 0. The number of nitrogens with one attached hydrogen (secondary N) is 1. The van der Waals surface area contributed by atoms with Crippen LogP contribution in [-0.2, 0) is 14.8 Å². The largest absolute Gasteiger partial charge is 0.377 e. The number of ether oxygens (including phenoxy) is 1. The van der Waals surface area contributed by atoms with E-state index in [1.807, 2.05) is 13.8 Å². The highest BCUT2D eigenvalue weighted by Gasteiger charge is 2.36. The van der Waals surface area contributed by atoms with Crippen molar-refractivity contribution in [3.63, 3.8) is 0 Å². The van der Waals surface area contributed by atoms with E-state index in [2.05, 4.69) is 5.32 Å². The molecule has 0 aromatic rings. The fourth-order valence-corrected chi connectivity index (χ4v) is 3.67. The Kier molecular flexibility index (Phi) is 5.37. The first-order valence-corrected chi connectivity index (χ1v) is 7.70. The van der Waals surface area contributed by atoms with E-state index in [4.69, 9.17) is 4.74 Å². The molecule has 0 bridgehead atoms. The normalized spacial score (nSPS) is 27.6. The van der Waals surface area contributed by atoms with E-state index in [0.29, 0.717) is 13.2 Å². The maximum atomic E-state index is 12.3. The molecule has 0 saturated carbocycles. The molecule has 1 N–H and O–H groups in total. The number of hydrogen-bond donors (Lipinski definition) is 1. The minimum absolute atomic E-state index is 0.0129. The Labute approximate surface area is 105 Å². The summed E-state index contributed by atoms with van der Waals surface area (Å²) < 4.78 is 31.5. The van der Waals surface area contributed by atoms with Crippen LogP contribution in [0.4, 0.5) is 0 Å². The Morgan fingerprint density at radius 1 is 1.53 bits per heavy atom. The van der Waals surface area contributed by atoms with Gasteiger partial charge in [-0.1, -0.05) is 6.92 Å². The summed E-state index contributed by atoms with van der Waals surface area (Å²) in [5.74, 6) is 0. The predicted octanol–water partition coefficient (Wildman–Crippen LogP) is 0.423. The molecule has 0 spiro atoms. The van der Waals surface area contributed by atoms with E-state index >= 15 is 0 Å². The molecule has 1 fully saturated rings. The van der Waals surface area contributed by atoms with Crippen molar-refractivity contribution in [1.29, 1.82) is 0 Å². The number of likely N-dealkylation sites (N-methyl/N-ethyl adjacent to an activating group) is 1. The summed E-state index contributed by atoms with van der Waals surface area (Å²) >= 11 is 0. The van der Waals surface area contributed by atoms with Crippen molar-refractivity contribution in [1.82, 2.24) is 9.62 Å². The van der Waals surface area contributed by atoms with Crippen LogP contribution in [0, 0.1) is 0 Å². The lowest BCUT2D eigenvalue weighted by Crippen LogP contribution is -2.47. The first-order valence-electron chi connectivity index (χ1n) is 6.20. The van der Waals surface area contributed by atoms with Crippen molar-refractivity contribution in [2.75, 3.05) is 26.7 Å². The van der Waals surface area contributed by atoms with Gasteiger partial charge < -0.3 is 10.1 Å². The molecule has 0 amide bonds. The second-order valence-corrected chi connectivity index (χ2v) is 7.02. The molecule has 1 heterocycles. The van der Waals surface area contributed by atoms with Crippen LogP contribution in [0.25, 0.3) is 0 Å². The van der Waals surface area contributed by atoms with Gasteiger partial charge in [0.1, 0.15) is 0 Å². The standard InChI is InChI=1S/C11H24N2O3S/c1-5-12-8-9(2)17(14,15)13(4)11-6-7-16-10(11)3/h9-12H,5-8H2,1-4H3. The molecule has 3 unspecified atom stereocenters. The van der Waals surface area contributed by atoms with Gasteiger partial charge in [0.2, 0.25) is 10.0 Å². The van der Waals surface area contributed by atoms with Crippen molar-refractivity contribution < 1.29 is 13.2 Å². The molecular weight excluding hydrogens is 240 g/mol. The lowest BCUT2D eigenvalue weighted by molar-refractivity contribution is 0.102. The van der Waals surface area contributed by atoms with E-state index in [-0.39, 0.29) is 12.1 Å². The third-order valence-corrected chi connectivity index (χ3v) is 5.65. The molecule has 1 aliphatic rings. The highest BCUT2D eigenvalue weighted by Crippen LogP contribution is 2.22. The maximum absolute atomic E-state index is 12.3. The minimum atomic E-state index is -3.24. The topological polar surface area (TPSA) is 58.6 Å². The lowest BCUT2D eigenvalue weighted by Gasteiger charge is -2.28. The monoisotopic (exact) mass is 264 g/mol. The third kappa shape index (κ3) is 3.40. The van der Waals surface area contributed by atoms with Crippen LogP contribution < -0.4 is 5.32 Å². The Morgan fingerprint density at radius 2 is 2.18 bits per heavy atom. The fourth-order valence-electron chi connectivity index (χ4n) is 2.12. The van der Waals surface area contributed by atoms with E-state index in [1.54, 1.807) is 14.0 Å². The number of sulfonamides is 1. The van der Waals surface area contributed by atoms with E-state index in [0.717, 1.165) is 13.0 Å². The zero-order valence-electron chi connectivity index (χ0n) is 11.1. The Balaban J connectivity index is 2.68. The molecule has 6 heteroatoms. The molecule has 0 aromatic carbocycles. The summed E-state index contributed by atoms with van der Waals surface area (Å²) in [6.45, 7) is 7.56. The highest BCUT2D eigenvalue weighted by molar-refractivity contribution is 7.89. The average Bonchev–Trinajstić information content (AvgIpc) is 2.70. The van der Waals surface area contributed by atoms with Crippen LogP contribution in [0.3, 0.4) is 0 Å². The molecule has 1 saturated heterocycles. The quantitative estimate of drug-likeness (QED) is 0.755. The van der Waals surface area contributed by atoms with Crippen LogP contribution in [0.5, 0.6) is 0 Å². The first kappa shape index (κ1) is 14.9. The lowest BCUT2D eigenvalue weighted by atomic mass is 10.2. The molecule has 3 atom stereocenters. The number of rotatable bonds is 6. The summed E-state index contributed by atoms with van der Waals surface area (Å²) in [5.41, 5.74) is 0. The van der Waals surface area contributed by atoms with Gasteiger partial charge in [0, 0.05) is 20.2 Å². The Bertz CT molecular complexity index is 332. The predicted molar refractivity (Wildman–Crippen MR) is 68.5 cm³/mol. The highest BCUT2D eigenvalue weighted by atomic mass is 32.2. The molecule has 0 radical (unpaired) electrons. The summed E-state index contributed by atoms with van der Waals surface area (Å²) in [6, 6.07) is -0.0240. The fraction of sp³-hybridized carbons (Fsp3) is 1.00. The minimum Gasteiger partial charge on any atom is -0.377 e. The first-order chi connectivity index (χ1) is 7.91. The van der Waals surface area contributed by atoms with Crippen molar-refractivity contribution in [2.24, 2.45) is 0 Å². The van der Waals surface area contributed by atoms with Crippen LogP contribution >= 0.6 is 0 Å². The molecule has 0 aromatic heterocycles. The van der Waals surface area contributed by atoms with Crippen LogP contribution in [0.1, 0.15) is 27.2 Å². The molecule has 0 aliphatic carbocycles. The van der Waals surface area contributed by atoms with Gasteiger partial charge in [-0.05, 0) is 26.8 Å². The van der Waals surface area contributed by atoms with Crippen LogP contribution in [0.15, 0.2) is 0 Å². The van der Waals surface area contributed by atoms with Crippen LogP contribution in [-0.4, -0.2) is 56.9 Å². The van der Waals surface area contributed by atoms with Gasteiger partial charge in [0.05, 0.1) is 17.4 Å². The van der Waals surface area contributed by atoms with Crippen molar-refractivity contribution in [2.45, 2.75) is 44.6 Å². The Morgan fingerprint density at radius 3 is 2.65 bits per heavy atom.